The molecule has 0 aliphatic carbocycles. The molecular weight excluding hydrogens is 340 g/mol. The molecule has 1 aromatic rings. The van der Waals surface area contributed by atoms with Crippen LogP contribution < -0.4 is 9.47 Å². The molecule has 10 heteroatoms. The molecular formula is C15H20O10. The molecule has 1 fully saturated rings. The summed E-state index contributed by atoms with van der Waals surface area (Å²) >= 11 is 0. The fourth-order valence-corrected chi connectivity index (χ4v) is 2.40. The maximum atomic E-state index is 12.2. The summed E-state index contributed by atoms with van der Waals surface area (Å²) in [7, 11) is 2.62. The fourth-order valence-electron chi connectivity index (χ4n) is 2.40. The first-order valence-corrected chi connectivity index (χ1v) is 7.30. The summed E-state index contributed by atoms with van der Waals surface area (Å²) in [5, 5.41) is 48.2. The minimum atomic E-state index is -1.73. The molecule has 25 heavy (non-hydrogen) atoms. The third-order valence-electron chi connectivity index (χ3n) is 3.77. The molecule has 5 N–H and O–H groups in total. The molecule has 1 saturated heterocycles. The van der Waals surface area contributed by atoms with Gasteiger partial charge in [-0.2, -0.15) is 0 Å². The maximum absolute atomic E-state index is 12.2. The first kappa shape index (κ1) is 19.2. The molecule has 1 aliphatic rings. The molecule has 10 nitrogen and oxygen atoms in total. The average molecular weight is 360 g/mol. The topological polar surface area (TPSA) is 155 Å². The zero-order valence-corrected chi connectivity index (χ0v) is 13.5. The van der Waals surface area contributed by atoms with Crippen molar-refractivity contribution in [3.63, 3.8) is 0 Å². The molecule has 5 atom stereocenters. The lowest BCUT2D eigenvalue weighted by Crippen LogP contribution is -2.59. The number of rotatable bonds is 5. The SMILES string of the molecule is COc1cc(C(=O)O[C@@H]2O[C@@H](CO)[C@H](O)[C@@H](O)[C@@H]2O)cc(O)c1OC. The van der Waals surface area contributed by atoms with Crippen LogP contribution in [0.5, 0.6) is 17.2 Å². The van der Waals surface area contributed by atoms with E-state index < -0.39 is 43.3 Å². The minimum absolute atomic E-state index is 0.0203. The number of esters is 1. The Morgan fingerprint density at radius 1 is 1.12 bits per heavy atom. The Morgan fingerprint density at radius 3 is 2.36 bits per heavy atom. The fraction of sp³-hybridized carbons (Fsp3) is 0.533. The van der Waals surface area contributed by atoms with Crippen molar-refractivity contribution in [3.05, 3.63) is 17.7 Å². The van der Waals surface area contributed by atoms with Crippen LogP contribution in [-0.4, -0.2) is 83.0 Å². The van der Waals surface area contributed by atoms with Gasteiger partial charge >= 0.3 is 5.97 Å². The number of carbonyl (C=O) groups excluding carboxylic acids is 1. The quantitative estimate of drug-likeness (QED) is 0.386. The van der Waals surface area contributed by atoms with Crippen LogP contribution in [0.25, 0.3) is 0 Å². The zero-order chi connectivity index (χ0) is 18.7. The third kappa shape index (κ3) is 3.78. The Labute approximate surface area is 142 Å². The van der Waals surface area contributed by atoms with Gasteiger partial charge in [0, 0.05) is 0 Å². The van der Waals surface area contributed by atoms with Crippen LogP contribution in [0.1, 0.15) is 10.4 Å². The first-order chi connectivity index (χ1) is 11.8. The smallest absolute Gasteiger partial charge is 0.340 e. The number of aliphatic hydroxyl groups excluding tert-OH is 4. The number of phenols is 1. The van der Waals surface area contributed by atoms with Crippen molar-refractivity contribution in [2.75, 3.05) is 20.8 Å². The second kappa shape index (κ2) is 7.85. The lowest BCUT2D eigenvalue weighted by Gasteiger charge is -2.39. The van der Waals surface area contributed by atoms with Gasteiger partial charge in [-0.3, -0.25) is 0 Å². The van der Waals surface area contributed by atoms with E-state index in [2.05, 4.69) is 0 Å². The number of methoxy groups -OCH3 is 2. The van der Waals surface area contributed by atoms with Crippen LogP contribution in [0, 0.1) is 0 Å². The number of phenolic OH excluding ortho intramolecular Hbond substituents is 1. The van der Waals surface area contributed by atoms with Crippen LogP contribution in [-0.2, 0) is 9.47 Å². The zero-order valence-electron chi connectivity index (χ0n) is 13.5. The van der Waals surface area contributed by atoms with E-state index in [1.54, 1.807) is 0 Å². The van der Waals surface area contributed by atoms with Gasteiger partial charge in [0.1, 0.15) is 24.4 Å². The summed E-state index contributed by atoms with van der Waals surface area (Å²) in [6.07, 6.45) is -7.81. The van der Waals surface area contributed by atoms with Gasteiger partial charge in [-0.15, -0.1) is 0 Å². The Kier molecular flexibility index (Phi) is 6.03. The van der Waals surface area contributed by atoms with Crippen molar-refractivity contribution in [1.82, 2.24) is 0 Å². The van der Waals surface area contributed by atoms with Crippen molar-refractivity contribution < 1.29 is 49.3 Å². The van der Waals surface area contributed by atoms with Crippen molar-refractivity contribution in [2.45, 2.75) is 30.7 Å². The van der Waals surface area contributed by atoms with Crippen molar-refractivity contribution >= 4 is 5.97 Å². The Balaban J connectivity index is 2.20. The highest BCUT2D eigenvalue weighted by Crippen LogP contribution is 2.37. The molecule has 1 aliphatic heterocycles. The van der Waals surface area contributed by atoms with Gasteiger partial charge in [0.05, 0.1) is 26.4 Å². The van der Waals surface area contributed by atoms with Crippen molar-refractivity contribution in [3.8, 4) is 17.2 Å². The number of ether oxygens (including phenoxy) is 4. The number of benzene rings is 1. The molecule has 0 spiro atoms. The van der Waals surface area contributed by atoms with Gasteiger partial charge in [-0.25, -0.2) is 4.79 Å². The molecule has 1 heterocycles. The van der Waals surface area contributed by atoms with E-state index in [0.29, 0.717) is 0 Å². The number of carbonyl (C=O) groups is 1. The highest BCUT2D eigenvalue weighted by molar-refractivity contribution is 5.91. The normalized spacial score (nSPS) is 29.1. The summed E-state index contributed by atoms with van der Waals surface area (Å²) in [6, 6.07) is 2.30. The van der Waals surface area contributed by atoms with E-state index in [0.717, 1.165) is 6.07 Å². The first-order valence-electron chi connectivity index (χ1n) is 7.30. The van der Waals surface area contributed by atoms with Gasteiger partial charge in [-0.1, -0.05) is 0 Å². The van der Waals surface area contributed by atoms with Crippen LogP contribution >= 0.6 is 0 Å². The van der Waals surface area contributed by atoms with Gasteiger partial charge in [0.15, 0.2) is 11.5 Å². The molecule has 0 bridgehead atoms. The van der Waals surface area contributed by atoms with E-state index in [-0.39, 0.29) is 22.8 Å². The average Bonchev–Trinajstić information content (AvgIpc) is 2.61. The monoisotopic (exact) mass is 360 g/mol. The van der Waals surface area contributed by atoms with E-state index in [1.807, 2.05) is 0 Å². The summed E-state index contributed by atoms with van der Waals surface area (Å²) < 4.78 is 20.0. The Bertz CT molecular complexity index is 617. The highest BCUT2D eigenvalue weighted by atomic mass is 16.7. The molecule has 0 saturated carbocycles. The number of aliphatic hydroxyl groups is 4. The second-order valence-electron chi connectivity index (χ2n) is 5.33. The van der Waals surface area contributed by atoms with E-state index in [9.17, 15) is 25.2 Å². The molecule has 0 amide bonds. The highest BCUT2D eigenvalue weighted by Gasteiger charge is 2.45. The Hall–Kier alpha value is -2.11. The molecule has 0 radical (unpaired) electrons. The van der Waals surface area contributed by atoms with Crippen molar-refractivity contribution in [1.29, 1.82) is 0 Å². The van der Waals surface area contributed by atoms with Crippen LogP contribution in [0.2, 0.25) is 0 Å². The summed E-state index contributed by atoms with van der Waals surface area (Å²) in [5.41, 5.74) is -0.132. The predicted octanol–water partition coefficient (Wildman–Crippen LogP) is -1.63. The van der Waals surface area contributed by atoms with Crippen LogP contribution in [0.15, 0.2) is 12.1 Å². The van der Waals surface area contributed by atoms with Crippen LogP contribution in [0.4, 0.5) is 0 Å². The molecule has 1 aromatic carbocycles. The molecule has 2 rings (SSSR count). The van der Waals surface area contributed by atoms with E-state index in [4.69, 9.17) is 24.1 Å². The molecule has 140 valence electrons. The van der Waals surface area contributed by atoms with Crippen molar-refractivity contribution in [2.24, 2.45) is 0 Å². The predicted molar refractivity (Wildman–Crippen MR) is 80.4 cm³/mol. The number of hydrogen-bond donors (Lipinski definition) is 5. The van der Waals surface area contributed by atoms with Gasteiger partial charge in [0.25, 0.3) is 0 Å². The summed E-state index contributed by atoms with van der Waals surface area (Å²) in [4.78, 5) is 12.2. The van der Waals surface area contributed by atoms with Crippen LogP contribution in [0.3, 0.4) is 0 Å². The number of aromatic hydroxyl groups is 1. The second-order valence-corrected chi connectivity index (χ2v) is 5.33. The van der Waals surface area contributed by atoms with E-state index >= 15 is 0 Å². The molecule has 0 unspecified atom stereocenters. The van der Waals surface area contributed by atoms with Gasteiger partial charge in [0.2, 0.25) is 12.0 Å². The third-order valence-corrected chi connectivity index (χ3v) is 3.77. The largest absolute Gasteiger partial charge is 0.504 e. The lowest BCUT2D eigenvalue weighted by atomic mass is 9.99. The summed E-state index contributed by atoms with van der Waals surface area (Å²) in [5.74, 6) is -1.28. The number of hydrogen-bond acceptors (Lipinski definition) is 10. The summed E-state index contributed by atoms with van der Waals surface area (Å²) in [6.45, 7) is -0.657. The van der Waals surface area contributed by atoms with Gasteiger partial charge < -0.3 is 44.5 Å². The lowest BCUT2D eigenvalue weighted by molar-refractivity contribution is -0.285. The Morgan fingerprint density at radius 2 is 1.80 bits per heavy atom. The maximum Gasteiger partial charge on any atom is 0.340 e. The standard InChI is InChI=1S/C15H20O10/c1-22-8-4-6(3-7(17)13(8)23-2)14(21)25-15-12(20)11(19)10(18)9(5-16)24-15/h3-4,9-12,15-20H,5H2,1-2H3/t9-,10-,11+,12-,15-/m0/s1. The van der Waals surface area contributed by atoms with Gasteiger partial charge in [-0.05, 0) is 12.1 Å². The minimum Gasteiger partial charge on any atom is -0.504 e. The molecule has 0 aromatic heterocycles. The van der Waals surface area contributed by atoms with E-state index in [1.165, 1.54) is 20.3 Å².